The Hall–Kier alpha value is -2.55. The smallest absolute Gasteiger partial charge is 0.295 e. The van der Waals surface area contributed by atoms with Gasteiger partial charge in [-0.3, -0.25) is 0 Å². The normalized spacial score (nSPS) is 13.8. The first-order chi connectivity index (χ1) is 13.6. The Kier molecular flexibility index (Phi) is 6.94. The predicted octanol–water partition coefficient (Wildman–Crippen LogP) is 4.19. The zero-order valence-corrected chi connectivity index (χ0v) is 17.9. The average molecular weight is 419 g/mol. The lowest BCUT2D eigenvalue weighted by Gasteiger charge is -2.36. The molecule has 0 radical (unpaired) electrons. The molecular weight excluding hydrogens is 395 g/mol. The zero-order valence-electron chi connectivity index (χ0n) is 16.8. The van der Waals surface area contributed by atoms with Crippen molar-refractivity contribution < 1.29 is 18.6 Å². The van der Waals surface area contributed by atoms with E-state index in [-0.39, 0.29) is 22.4 Å². The molecule has 8 heteroatoms. The van der Waals surface area contributed by atoms with Gasteiger partial charge in [0.05, 0.1) is 30.8 Å². The number of aliphatic imine (C=N–C) groups is 1. The molecule has 0 aromatic heterocycles. The van der Waals surface area contributed by atoms with E-state index in [1.54, 1.807) is 19.3 Å². The molecule has 0 aliphatic rings. The van der Waals surface area contributed by atoms with Gasteiger partial charge in [-0.15, -0.1) is 0 Å². The number of rotatable bonds is 7. The van der Waals surface area contributed by atoms with Gasteiger partial charge in [-0.1, -0.05) is 27.4 Å². The molecule has 0 saturated heterocycles. The Morgan fingerprint density at radius 1 is 1.31 bits per heavy atom. The van der Waals surface area contributed by atoms with E-state index in [9.17, 15) is 19.1 Å². The summed E-state index contributed by atoms with van der Waals surface area (Å²) in [5.74, 6) is 0.0410. The van der Waals surface area contributed by atoms with Gasteiger partial charge in [0.1, 0.15) is 5.75 Å². The van der Waals surface area contributed by atoms with Gasteiger partial charge in [0, 0.05) is 30.8 Å². The Morgan fingerprint density at radius 3 is 2.52 bits per heavy atom. The Bertz CT molecular complexity index is 954. The summed E-state index contributed by atoms with van der Waals surface area (Å²) in [4.78, 5) is 6.23. The molecule has 2 aromatic carbocycles. The summed E-state index contributed by atoms with van der Waals surface area (Å²) in [5.41, 5.74) is -5.80. The molecule has 0 amide bonds. The minimum Gasteiger partial charge on any atom is -0.496 e. The molecule has 0 aliphatic heterocycles. The maximum Gasteiger partial charge on any atom is 0.295 e. The highest BCUT2D eigenvalue weighted by Gasteiger charge is 2.54. The van der Waals surface area contributed by atoms with Gasteiger partial charge in [0.25, 0.3) is 5.66 Å². The highest BCUT2D eigenvalue weighted by Crippen LogP contribution is 2.51. The summed E-state index contributed by atoms with van der Waals surface area (Å²) in [6, 6.07) is 10.5. The second kappa shape index (κ2) is 8.86. The van der Waals surface area contributed by atoms with E-state index in [0.717, 1.165) is 6.54 Å². The number of alkyl halides is 2. The van der Waals surface area contributed by atoms with Crippen LogP contribution in [0.3, 0.4) is 0 Å². The summed E-state index contributed by atoms with van der Waals surface area (Å²) in [6.07, 6.45) is 1.63. The number of benzene rings is 2. The van der Waals surface area contributed by atoms with Gasteiger partial charge < -0.3 is 14.7 Å². The fraction of sp³-hybridized carbons (Fsp3) is 0.333. The number of hydrogen-bond donors (Lipinski definition) is 1. The fourth-order valence-electron chi connectivity index (χ4n) is 2.91. The SMILES string of the molecule is CCN(C)/C=N/c1cc(OC)c(C(O)(c2ccccc2C#N)C(F)(F)P)cc1C. The van der Waals surface area contributed by atoms with Crippen LogP contribution in [0.5, 0.6) is 5.75 Å². The first-order valence-corrected chi connectivity index (χ1v) is 9.50. The molecule has 5 nitrogen and oxygen atoms in total. The summed E-state index contributed by atoms with van der Waals surface area (Å²) in [6.45, 7) is 4.43. The van der Waals surface area contributed by atoms with E-state index in [2.05, 4.69) is 4.99 Å². The average Bonchev–Trinajstić information content (AvgIpc) is 2.70. The number of aliphatic hydroxyl groups is 1. The first kappa shape index (κ1) is 22.7. The Morgan fingerprint density at radius 2 is 1.97 bits per heavy atom. The number of ether oxygens (including phenoxy) is 1. The number of hydrogen-bond acceptors (Lipinski definition) is 4. The second-order valence-electron chi connectivity index (χ2n) is 6.65. The zero-order chi connectivity index (χ0) is 21.8. The first-order valence-electron chi connectivity index (χ1n) is 8.92. The van der Waals surface area contributed by atoms with E-state index in [1.807, 2.05) is 24.9 Å². The van der Waals surface area contributed by atoms with E-state index in [1.165, 1.54) is 46.7 Å². The predicted molar refractivity (Wildman–Crippen MR) is 113 cm³/mol. The van der Waals surface area contributed by atoms with E-state index < -0.39 is 11.3 Å². The molecule has 0 spiro atoms. The van der Waals surface area contributed by atoms with Gasteiger partial charge in [0.15, 0.2) is 5.60 Å². The molecule has 2 rings (SSSR count). The summed E-state index contributed by atoms with van der Waals surface area (Å²) in [5, 5.41) is 20.7. The van der Waals surface area contributed by atoms with Crippen molar-refractivity contribution >= 4 is 21.3 Å². The van der Waals surface area contributed by atoms with Crippen LogP contribution in [0.25, 0.3) is 0 Å². The summed E-state index contributed by atoms with van der Waals surface area (Å²) < 4.78 is 35.0. The van der Waals surface area contributed by atoms with Crippen LogP contribution in [0.1, 0.15) is 29.2 Å². The van der Waals surface area contributed by atoms with Crippen LogP contribution < -0.4 is 4.74 Å². The van der Waals surface area contributed by atoms with Crippen LogP contribution in [0.2, 0.25) is 0 Å². The molecule has 2 unspecified atom stereocenters. The lowest BCUT2D eigenvalue weighted by atomic mass is 9.82. The van der Waals surface area contributed by atoms with Gasteiger partial charge >= 0.3 is 0 Å². The van der Waals surface area contributed by atoms with Crippen LogP contribution in [-0.2, 0) is 5.60 Å². The third-order valence-electron chi connectivity index (χ3n) is 4.72. The lowest BCUT2D eigenvalue weighted by molar-refractivity contribution is -0.100. The molecule has 0 heterocycles. The molecule has 1 N–H and O–H groups in total. The number of halogens is 2. The second-order valence-corrected chi connectivity index (χ2v) is 7.37. The topological polar surface area (TPSA) is 68.8 Å². The largest absolute Gasteiger partial charge is 0.496 e. The van der Waals surface area contributed by atoms with Crippen molar-refractivity contribution in [3.63, 3.8) is 0 Å². The van der Waals surface area contributed by atoms with Crippen LogP contribution in [0.4, 0.5) is 14.5 Å². The molecule has 29 heavy (non-hydrogen) atoms. The Balaban J connectivity index is 2.78. The molecule has 0 bridgehead atoms. The van der Waals surface area contributed by atoms with Gasteiger partial charge in [-0.25, -0.2) is 4.99 Å². The van der Waals surface area contributed by atoms with Crippen molar-refractivity contribution in [3.05, 3.63) is 58.7 Å². The Labute approximate surface area is 171 Å². The minimum absolute atomic E-state index is 0.0410. The van der Waals surface area contributed by atoms with Crippen molar-refractivity contribution in [2.45, 2.75) is 25.1 Å². The molecule has 2 atom stereocenters. The highest BCUT2D eigenvalue weighted by atomic mass is 31.0. The number of nitriles is 1. The maximum absolute atomic E-state index is 14.8. The maximum atomic E-state index is 14.8. The molecular formula is C21H24F2N3O2P. The van der Waals surface area contributed by atoms with Crippen molar-refractivity contribution in [2.75, 3.05) is 20.7 Å². The van der Waals surface area contributed by atoms with Crippen LogP contribution in [0, 0.1) is 18.3 Å². The van der Waals surface area contributed by atoms with E-state index in [0.29, 0.717) is 11.3 Å². The van der Waals surface area contributed by atoms with Crippen molar-refractivity contribution in [3.8, 4) is 11.8 Å². The third kappa shape index (κ3) is 4.39. The monoisotopic (exact) mass is 419 g/mol. The molecule has 0 saturated carbocycles. The van der Waals surface area contributed by atoms with Crippen LogP contribution in [0.15, 0.2) is 41.4 Å². The standard InChI is InChI=1S/C21H24F2N3O2P/c1-5-26(3)13-25-18-11-19(28-4)17(10-14(18)2)20(27,21(22,23)29)16-9-7-6-8-15(16)12-24/h6-11,13,27H,5,29H2,1-4H3/b25-13+. The van der Waals surface area contributed by atoms with Crippen molar-refractivity contribution in [1.29, 1.82) is 5.26 Å². The van der Waals surface area contributed by atoms with Crippen LogP contribution >= 0.6 is 9.24 Å². The minimum atomic E-state index is -3.69. The number of methoxy groups -OCH3 is 1. The number of aryl methyl sites for hydroxylation is 1. The summed E-state index contributed by atoms with van der Waals surface area (Å²) >= 11 is 0. The van der Waals surface area contributed by atoms with Gasteiger partial charge in [0.2, 0.25) is 0 Å². The number of nitrogens with zero attached hydrogens (tertiary/aromatic N) is 3. The molecule has 0 fully saturated rings. The lowest BCUT2D eigenvalue weighted by Crippen LogP contribution is -2.43. The quantitative estimate of drug-likeness (QED) is 0.415. The van der Waals surface area contributed by atoms with Gasteiger partial charge in [-0.2, -0.15) is 14.0 Å². The summed E-state index contributed by atoms with van der Waals surface area (Å²) in [7, 11) is 4.57. The van der Waals surface area contributed by atoms with Crippen molar-refractivity contribution in [1.82, 2.24) is 4.90 Å². The third-order valence-corrected chi connectivity index (χ3v) is 5.14. The van der Waals surface area contributed by atoms with Crippen LogP contribution in [-0.4, -0.2) is 42.7 Å². The van der Waals surface area contributed by atoms with E-state index in [4.69, 9.17) is 4.74 Å². The fourth-order valence-corrected chi connectivity index (χ4v) is 3.22. The molecule has 0 aliphatic carbocycles. The highest BCUT2D eigenvalue weighted by molar-refractivity contribution is 7.18. The van der Waals surface area contributed by atoms with Crippen molar-refractivity contribution in [2.24, 2.45) is 4.99 Å². The molecule has 154 valence electrons. The van der Waals surface area contributed by atoms with Gasteiger partial charge in [-0.05, 0) is 31.5 Å². The molecule has 2 aromatic rings. The van der Waals surface area contributed by atoms with E-state index >= 15 is 0 Å².